The maximum Gasteiger partial charge on any atom is 0.0677 e. The molecule has 0 aromatic carbocycles. The monoisotopic (exact) mass is 298 g/mol. The minimum Gasteiger partial charge on any atom is -0.411 e. The van der Waals surface area contributed by atoms with E-state index in [1.165, 1.54) is 0 Å². The van der Waals surface area contributed by atoms with Crippen LogP contribution in [0.3, 0.4) is 0 Å². The Hall–Kier alpha value is -0.860. The van der Waals surface area contributed by atoms with E-state index in [-0.39, 0.29) is 21.7 Å². The van der Waals surface area contributed by atoms with E-state index in [9.17, 15) is 0 Å². The van der Waals surface area contributed by atoms with Crippen molar-refractivity contribution in [3.8, 4) is 0 Å². The highest BCUT2D eigenvalue weighted by Crippen LogP contribution is 2.29. The van der Waals surface area contributed by atoms with Gasteiger partial charge in [0.2, 0.25) is 0 Å². The van der Waals surface area contributed by atoms with E-state index in [2.05, 4.69) is 46.7 Å². The molecule has 0 spiro atoms. The number of hydrogen-bond acceptors (Lipinski definition) is 3. The van der Waals surface area contributed by atoms with Gasteiger partial charge in [-0.3, -0.25) is 0 Å². The molecule has 0 aromatic heterocycles. The van der Waals surface area contributed by atoms with Crippen molar-refractivity contribution in [3.05, 3.63) is 0 Å². The van der Waals surface area contributed by atoms with Crippen LogP contribution in [0.1, 0.15) is 83.1 Å². The van der Waals surface area contributed by atoms with Crippen LogP contribution in [0.5, 0.6) is 0 Å². The van der Waals surface area contributed by atoms with Crippen molar-refractivity contribution >= 4 is 11.4 Å². The second-order valence-corrected chi connectivity index (χ2v) is 9.82. The van der Waals surface area contributed by atoms with Gasteiger partial charge in [0.15, 0.2) is 0 Å². The Bertz CT molecular complexity index is 334. The van der Waals surface area contributed by atoms with Gasteiger partial charge in [-0.15, -0.1) is 0 Å². The molecule has 126 valence electrons. The van der Waals surface area contributed by atoms with E-state index in [0.717, 1.165) is 11.4 Å². The van der Waals surface area contributed by atoms with Gasteiger partial charge in [-0.25, -0.2) is 0 Å². The summed E-state index contributed by atoms with van der Waals surface area (Å²) >= 11 is 0. The van der Waals surface area contributed by atoms with Crippen LogP contribution in [0.15, 0.2) is 5.16 Å². The fourth-order valence-electron chi connectivity index (χ4n) is 2.55. The average Bonchev–Trinajstić information content (AvgIpc) is 2.10. The lowest BCUT2D eigenvalue weighted by molar-refractivity contribution is 0.297. The number of hydrogen-bond donors (Lipinski definition) is 2. The first kappa shape index (κ1) is 22.4. The average molecular weight is 299 g/mol. The molecular weight excluding hydrogens is 260 g/mol. The van der Waals surface area contributed by atoms with Gasteiger partial charge < -0.3 is 10.6 Å². The van der Waals surface area contributed by atoms with Gasteiger partial charge in [0.25, 0.3) is 0 Å². The molecule has 21 heavy (non-hydrogen) atoms. The third-order valence-electron chi connectivity index (χ3n) is 3.02. The number of rotatable bonds is 0. The Kier molecular flexibility index (Phi) is 7.40. The van der Waals surface area contributed by atoms with Crippen molar-refractivity contribution in [1.29, 1.82) is 5.41 Å². The first-order chi connectivity index (χ1) is 8.85. The zero-order valence-electron chi connectivity index (χ0n) is 16.4. The van der Waals surface area contributed by atoms with E-state index in [0.29, 0.717) is 0 Å². The molecule has 0 fully saturated rings. The van der Waals surface area contributed by atoms with Crippen LogP contribution in [0.25, 0.3) is 0 Å². The fourth-order valence-corrected chi connectivity index (χ4v) is 2.55. The smallest absolute Gasteiger partial charge is 0.0677 e. The fraction of sp³-hybridized carbons (Fsp3) is 0.889. The summed E-state index contributed by atoms with van der Waals surface area (Å²) in [6.45, 7) is 24.8. The summed E-state index contributed by atoms with van der Waals surface area (Å²) in [6.07, 6.45) is 0. The third-order valence-corrected chi connectivity index (χ3v) is 3.02. The summed E-state index contributed by atoms with van der Waals surface area (Å²) in [6, 6.07) is 0. The van der Waals surface area contributed by atoms with Crippen LogP contribution in [-0.2, 0) is 0 Å². The molecule has 0 rings (SSSR count). The lowest BCUT2D eigenvalue weighted by Crippen LogP contribution is -2.32. The van der Waals surface area contributed by atoms with Crippen molar-refractivity contribution in [3.63, 3.8) is 0 Å². The Labute approximate surface area is 132 Å². The van der Waals surface area contributed by atoms with Gasteiger partial charge in [0.1, 0.15) is 0 Å². The van der Waals surface area contributed by atoms with Crippen molar-refractivity contribution in [1.82, 2.24) is 0 Å². The lowest BCUT2D eigenvalue weighted by Gasteiger charge is -2.30. The molecule has 0 aromatic rings. The number of nitrogens with zero attached hydrogens (tertiary/aromatic N) is 1. The molecule has 0 aliphatic heterocycles. The zero-order valence-corrected chi connectivity index (χ0v) is 16.4. The topological polar surface area (TPSA) is 56.4 Å². The summed E-state index contributed by atoms with van der Waals surface area (Å²) < 4.78 is 0. The maximum atomic E-state index is 8.79. The summed E-state index contributed by atoms with van der Waals surface area (Å²) in [5.74, 6) is 0. The van der Waals surface area contributed by atoms with E-state index < -0.39 is 0 Å². The molecule has 0 heterocycles. The third kappa shape index (κ3) is 8.90. The Balaban J connectivity index is 0. The Morgan fingerprint density at radius 1 is 0.619 bits per heavy atom. The molecule has 0 radical (unpaired) electrons. The van der Waals surface area contributed by atoms with Gasteiger partial charge in [-0.1, -0.05) is 88.2 Å². The molecule has 2 N–H and O–H groups in total. The normalized spacial score (nSPS) is 13.1. The molecule has 0 saturated carbocycles. The zero-order chi connectivity index (χ0) is 17.9. The highest BCUT2D eigenvalue weighted by Gasteiger charge is 2.30. The molecule has 0 aliphatic carbocycles. The minimum atomic E-state index is -0.0486. The van der Waals surface area contributed by atoms with Crippen LogP contribution < -0.4 is 0 Å². The molecule has 0 atom stereocenters. The van der Waals surface area contributed by atoms with Crippen LogP contribution in [0, 0.1) is 27.1 Å². The van der Waals surface area contributed by atoms with E-state index in [1.807, 2.05) is 41.5 Å². The molecular formula is C18H38N2O. The van der Waals surface area contributed by atoms with Crippen LogP contribution in [-0.4, -0.2) is 16.6 Å². The predicted octanol–water partition coefficient (Wildman–Crippen LogP) is 6.01. The summed E-state index contributed by atoms with van der Waals surface area (Å²) in [4.78, 5) is 0. The molecule has 3 heteroatoms. The molecule has 0 aliphatic rings. The summed E-state index contributed by atoms with van der Waals surface area (Å²) in [5, 5.41) is 19.9. The van der Waals surface area contributed by atoms with Crippen LogP contribution in [0.4, 0.5) is 0 Å². The SMILES string of the molecule is CC(C)(C)C(=N)C(C)(C)C.CC(C)(C)C(=NO)C(C)(C)C. The predicted molar refractivity (Wildman–Crippen MR) is 94.8 cm³/mol. The standard InChI is InChI=1S/C9H19NO.C9H19N/c1-8(2,3)7(10-11)9(4,5)6;1-8(2,3)7(10)9(4,5)6/h11H,1-6H3;10H,1-6H3. The van der Waals surface area contributed by atoms with Crippen molar-refractivity contribution < 1.29 is 5.21 Å². The molecule has 0 bridgehead atoms. The van der Waals surface area contributed by atoms with Gasteiger partial charge in [0.05, 0.1) is 5.71 Å². The second kappa shape index (κ2) is 6.93. The van der Waals surface area contributed by atoms with E-state index >= 15 is 0 Å². The quantitative estimate of drug-likeness (QED) is 0.321. The van der Waals surface area contributed by atoms with E-state index in [4.69, 9.17) is 10.6 Å². The summed E-state index contributed by atoms with van der Waals surface area (Å²) in [5.41, 5.74) is 1.61. The Morgan fingerprint density at radius 2 is 0.857 bits per heavy atom. The molecule has 0 saturated heterocycles. The molecule has 0 unspecified atom stereocenters. The van der Waals surface area contributed by atoms with Gasteiger partial charge in [-0.2, -0.15) is 0 Å². The maximum absolute atomic E-state index is 8.79. The number of oxime groups is 1. The van der Waals surface area contributed by atoms with Crippen molar-refractivity contribution in [2.75, 3.05) is 0 Å². The Morgan fingerprint density at radius 3 is 0.857 bits per heavy atom. The number of nitrogens with one attached hydrogen (secondary N) is 1. The highest BCUT2D eigenvalue weighted by molar-refractivity contribution is 5.93. The van der Waals surface area contributed by atoms with Crippen LogP contribution >= 0.6 is 0 Å². The lowest BCUT2D eigenvalue weighted by atomic mass is 9.75. The van der Waals surface area contributed by atoms with E-state index in [1.54, 1.807) is 0 Å². The van der Waals surface area contributed by atoms with Crippen molar-refractivity contribution in [2.24, 2.45) is 26.8 Å². The molecule has 0 amide bonds. The first-order valence-electron chi connectivity index (χ1n) is 7.67. The largest absolute Gasteiger partial charge is 0.411 e. The van der Waals surface area contributed by atoms with Crippen LogP contribution in [0.2, 0.25) is 0 Å². The first-order valence-corrected chi connectivity index (χ1v) is 7.67. The second-order valence-electron chi connectivity index (χ2n) is 9.82. The summed E-state index contributed by atoms with van der Waals surface area (Å²) in [7, 11) is 0. The van der Waals surface area contributed by atoms with Gasteiger partial charge in [0, 0.05) is 27.4 Å². The molecule has 3 nitrogen and oxygen atoms in total. The highest BCUT2D eigenvalue weighted by atomic mass is 16.4. The van der Waals surface area contributed by atoms with Gasteiger partial charge in [-0.05, 0) is 0 Å². The minimum absolute atomic E-state index is 0.0260. The van der Waals surface area contributed by atoms with Crippen molar-refractivity contribution in [2.45, 2.75) is 83.1 Å². The van der Waals surface area contributed by atoms with Gasteiger partial charge >= 0.3 is 0 Å².